The molecule has 1 fully saturated rings. The van der Waals surface area contributed by atoms with E-state index in [0.29, 0.717) is 12.7 Å². The lowest BCUT2D eigenvalue weighted by Crippen LogP contribution is -2.35. The zero-order chi connectivity index (χ0) is 19.4. The van der Waals surface area contributed by atoms with Gasteiger partial charge in [-0.3, -0.25) is 9.30 Å². The van der Waals surface area contributed by atoms with Crippen molar-refractivity contribution in [3.63, 3.8) is 0 Å². The molecule has 3 aromatic heterocycles. The third kappa shape index (κ3) is 2.93. The normalized spacial score (nSPS) is 18.3. The number of thiazole rings is 2. The number of piperidine rings is 1. The van der Waals surface area contributed by atoms with Crippen LogP contribution >= 0.6 is 34.9 Å². The quantitative estimate of drug-likeness (QED) is 0.331. The first-order valence-electron chi connectivity index (χ1n) is 9.84. The Morgan fingerprint density at radius 3 is 2.72 bits per heavy atom. The number of fused-ring (bicyclic) bond motifs is 4. The van der Waals surface area contributed by atoms with E-state index < -0.39 is 0 Å². The van der Waals surface area contributed by atoms with Crippen LogP contribution in [-0.4, -0.2) is 30.6 Å². The van der Waals surface area contributed by atoms with Crippen LogP contribution in [0.15, 0.2) is 48.5 Å². The molecule has 0 radical (unpaired) electrons. The van der Waals surface area contributed by atoms with E-state index in [0.717, 1.165) is 33.7 Å². The van der Waals surface area contributed by atoms with Crippen molar-refractivity contribution in [2.75, 3.05) is 6.54 Å². The van der Waals surface area contributed by atoms with Gasteiger partial charge in [-0.2, -0.15) is 0 Å². The van der Waals surface area contributed by atoms with E-state index in [4.69, 9.17) is 22.3 Å². The van der Waals surface area contributed by atoms with Gasteiger partial charge in [-0.1, -0.05) is 42.0 Å². The van der Waals surface area contributed by atoms with Gasteiger partial charge < -0.3 is 0 Å². The summed E-state index contributed by atoms with van der Waals surface area (Å²) in [6, 6.07) is 17.1. The van der Waals surface area contributed by atoms with Gasteiger partial charge in [-0.05, 0) is 49.3 Å². The maximum absolute atomic E-state index is 5.81. The summed E-state index contributed by atoms with van der Waals surface area (Å²) in [4.78, 5) is 8.40. The second kappa shape index (κ2) is 6.98. The standard InChI is InChI=1S/C21H19N5S3/c27-21-25(23-20-26(21)15-8-2-4-11-18(15)29-20)13-24-12-6-5-9-16(24)19-22-14-7-1-3-10-17(14)28-19/h1-4,7-8,10-11,16H,5-6,9,12-13H2. The molecule has 5 nitrogen and oxygen atoms in total. The molecule has 8 heteroatoms. The first-order chi connectivity index (χ1) is 14.3. The molecule has 0 amide bonds. The lowest BCUT2D eigenvalue weighted by Gasteiger charge is -2.34. The highest BCUT2D eigenvalue weighted by atomic mass is 32.1. The molecule has 0 aliphatic carbocycles. The number of para-hydroxylation sites is 2. The first kappa shape index (κ1) is 17.7. The van der Waals surface area contributed by atoms with Crippen molar-refractivity contribution in [3.05, 3.63) is 58.3 Å². The number of rotatable bonds is 3. The van der Waals surface area contributed by atoms with E-state index in [1.807, 2.05) is 16.0 Å². The van der Waals surface area contributed by atoms with Crippen LogP contribution in [0.1, 0.15) is 30.3 Å². The molecule has 1 atom stereocenters. The zero-order valence-corrected chi connectivity index (χ0v) is 18.1. The minimum Gasteiger partial charge on any atom is -0.275 e. The van der Waals surface area contributed by atoms with Gasteiger partial charge in [0.2, 0.25) is 9.73 Å². The fourth-order valence-electron chi connectivity index (χ4n) is 4.22. The van der Waals surface area contributed by atoms with Crippen molar-refractivity contribution in [3.8, 4) is 0 Å². The maximum atomic E-state index is 5.81. The number of nitrogens with zero attached hydrogens (tertiary/aromatic N) is 5. The molecule has 1 unspecified atom stereocenters. The summed E-state index contributed by atoms with van der Waals surface area (Å²) in [5.41, 5.74) is 2.24. The first-order valence-corrected chi connectivity index (χ1v) is 11.9. The predicted octanol–water partition coefficient (Wildman–Crippen LogP) is 5.87. The van der Waals surface area contributed by atoms with Crippen LogP contribution in [-0.2, 0) is 6.67 Å². The molecule has 0 bridgehead atoms. The third-order valence-corrected chi connectivity index (χ3v) is 8.18. The summed E-state index contributed by atoms with van der Waals surface area (Å²) in [7, 11) is 0. The van der Waals surface area contributed by atoms with Crippen LogP contribution in [0.25, 0.3) is 25.4 Å². The SMILES string of the molecule is S=c1n(CN2CCCCC2c2nc3ccccc3s2)nc2sc3ccccc3n12. The van der Waals surface area contributed by atoms with E-state index in [1.165, 1.54) is 27.2 Å². The van der Waals surface area contributed by atoms with Crippen molar-refractivity contribution in [1.82, 2.24) is 24.1 Å². The van der Waals surface area contributed by atoms with Crippen molar-refractivity contribution in [2.24, 2.45) is 0 Å². The molecule has 1 aliphatic rings. The molecule has 0 N–H and O–H groups in total. The van der Waals surface area contributed by atoms with Crippen molar-refractivity contribution in [1.29, 1.82) is 0 Å². The van der Waals surface area contributed by atoms with Gasteiger partial charge in [0.1, 0.15) is 5.01 Å². The van der Waals surface area contributed by atoms with Gasteiger partial charge in [0.25, 0.3) is 0 Å². The van der Waals surface area contributed by atoms with E-state index in [1.54, 1.807) is 11.3 Å². The Hall–Kier alpha value is -2.13. The Kier molecular flexibility index (Phi) is 4.26. The van der Waals surface area contributed by atoms with E-state index >= 15 is 0 Å². The number of hydrogen-bond donors (Lipinski definition) is 0. The Morgan fingerprint density at radius 2 is 1.83 bits per heavy atom. The lowest BCUT2D eigenvalue weighted by atomic mass is 10.0. The average Bonchev–Trinajstić information content (AvgIpc) is 3.41. The summed E-state index contributed by atoms with van der Waals surface area (Å²) >= 11 is 9.33. The second-order valence-corrected chi connectivity index (χ2v) is 9.89. The number of likely N-dealkylation sites (tertiary alicyclic amines) is 1. The number of aromatic nitrogens is 4. The van der Waals surface area contributed by atoms with Crippen molar-refractivity contribution >= 4 is 60.3 Å². The predicted molar refractivity (Wildman–Crippen MR) is 122 cm³/mol. The molecule has 1 saturated heterocycles. The highest BCUT2D eigenvalue weighted by Gasteiger charge is 2.27. The number of hydrogen-bond acceptors (Lipinski definition) is 6. The molecular weight excluding hydrogens is 418 g/mol. The molecular formula is C21H19N5S3. The van der Waals surface area contributed by atoms with Gasteiger partial charge in [-0.25, -0.2) is 9.67 Å². The van der Waals surface area contributed by atoms with Crippen LogP contribution in [0.3, 0.4) is 0 Å². The highest BCUT2D eigenvalue weighted by Crippen LogP contribution is 2.36. The summed E-state index contributed by atoms with van der Waals surface area (Å²) in [5, 5.41) is 6.06. The van der Waals surface area contributed by atoms with Gasteiger partial charge in [0.05, 0.1) is 33.1 Å². The molecule has 0 spiro atoms. The minimum absolute atomic E-state index is 0.333. The monoisotopic (exact) mass is 437 g/mol. The smallest absolute Gasteiger partial charge is 0.216 e. The summed E-state index contributed by atoms with van der Waals surface area (Å²) in [6.07, 6.45) is 3.59. The van der Waals surface area contributed by atoms with Crippen LogP contribution in [0.5, 0.6) is 0 Å². The van der Waals surface area contributed by atoms with E-state index in [-0.39, 0.29) is 0 Å². The Bertz CT molecular complexity index is 1360. The Labute approximate surface area is 180 Å². The summed E-state index contributed by atoms with van der Waals surface area (Å²) < 4.78 is 7.34. The molecule has 1 aliphatic heterocycles. The van der Waals surface area contributed by atoms with Crippen LogP contribution < -0.4 is 0 Å². The summed E-state index contributed by atoms with van der Waals surface area (Å²) in [6.45, 7) is 1.76. The fourth-order valence-corrected chi connectivity index (χ4v) is 6.72. The highest BCUT2D eigenvalue weighted by molar-refractivity contribution is 7.71. The second-order valence-electron chi connectivity index (χ2n) is 7.46. The van der Waals surface area contributed by atoms with Gasteiger partial charge in [0.15, 0.2) is 0 Å². The van der Waals surface area contributed by atoms with Crippen LogP contribution in [0.4, 0.5) is 0 Å². The topological polar surface area (TPSA) is 38.4 Å². The maximum Gasteiger partial charge on any atom is 0.216 e. The summed E-state index contributed by atoms with van der Waals surface area (Å²) in [5.74, 6) is 0. The van der Waals surface area contributed by atoms with Crippen LogP contribution in [0.2, 0.25) is 0 Å². The van der Waals surface area contributed by atoms with Crippen molar-refractivity contribution < 1.29 is 0 Å². The number of benzene rings is 2. The van der Waals surface area contributed by atoms with Gasteiger partial charge >= 0.3 is 0 Å². The molecule has 6 rings (SSSR count). The van der Waals surface area contributed by atoms with Crippen molar-refractivity contribution in [2.45, 2.75) is 32.0 Å². The minimum atomic E-state index is 0.333. The molecule has 146 valence electrons. The molecule has 29 heavy (non-hydrogen) atoms. The molecule has 0 saturated carbocycles. The Morgan fingerprint density at radius 1 is 1.00 bits per heavy atom. The third-order valence-electron chi connectivity index (χ3n) is 5.64. The van der Waals surface area contributed by atoms with Crippen LogP contribution in [0, 0.1) is 4.77 Å². The van der Waals surface area contributed by atoms with E-state index in [2.05, 4.69) is 57.8 Å². The Balaban J connectivity index is 1.37. The zero-order valence-electron chi connectivity index (χ0n) is 15.7. The molecule has 5 aromatic rings. The average molecular weight is 438 g/mol. The largest absolute Gasteiger partial charge is 0.275 e. The molecule has 4 heterocycles. The van der Waals surface area contributed by atoms with Gasteiger partial charge in [-0.15, -0.1) is 16.4 Å². The van der Waals surface area contributed by atoms with Gasteiger partial charge in [0, 0.05) is 6.54 Å². The lowest BCUT2D eigenvalue weighted by molar-refractivity contribution is 0.103. The molecule has 2 aromatic carbocycles. The fraction of sp³-hybridized carbons (Fsp3) is 0.286. The van der Waals surface area contributed by atoms with E-state index in [9.17, 15) is 0 Å².